The minimum Gasteiger partial charge on any atom is -0.360 e. The van der Waals surface area contributed by atoms with Crippen molar-refractivity contribution in [2.45, 2.75) is 18.9 Å². The van der Waals surface area contributed by atoms with Gasteiger partial charge in [-0.2, -0.15) is 0 Å². The van der Waals surface area contributed by atoms with Crippen LogP contribution in [-0.2, 0) is 0 Å². The number of hydrogen-bond acceptors (Lipinski definition) is 2. The van der Waals surface area contributed by atoms with E-state index in [0.29, 0.717) is 22.7 Å². The molecule has 0 aliphatic rings. The number of hydrogen-bond donors (Lipinski definition) is 1. The van der Waals surface area contributed by atoms with E-state index in [1.165, 1.54) is 12.3 Å². The maximum atomic E-state index is 13.5. The second-order valence-electron chi connectivity index (χ2n) is 3.51. The molecule has 1 aromatic heterocycles. The number of pyridine rings is 1. The average Bonchev–Trinajstić information content (AvgIpc) is 2.29. The van der Waals surface area contributed by atoms with Gasteiger partial charge in [-0.1, -0.05) is 6.92 Å². The van der Waals surface area contributed by atoms with Gasteiger partial charge in [0.25, 0.3) is 0 Å². The average molecular weight is 330 g/mol. The van der Waals surface area contributed by atoms with Crippen LogP contribution in [0, 0.1) is 5.82 Å². The molecule has 0 aliphatic carbocycles. The molecule has 0 amide bonds. The van der Waals surface area contributed by atoms with Gasteiger partial charge in [-0.3, -0.25) is 0 Å². The zero-order valence-corrected chi connectivity index (χ0v) is 11.8. The molecule has 0 spiro atoms. The molecule has 90 valence electrons. The minimum absolute atomic E-state index is 0.173. The first-order chi connectivity index (χ1) is 7.56. The van der Waals surface area contributed by atoms with Gasteiger partial charge < -0.3 is 5.32 Å². The molecule has 1 heterocycles. The van der Waals surface area contributed by atoms with Gasteiger partial charge in [-0.25, -0.2) is 9.37 Å². The maximum Gasteiger partial charge on any atom is 0.166 e. The van der Waals surface area contributed by atoms with Crippen molar-refractivity contribution in [1.82, 2.24) is 4.98 Å². The van der Waals surface area contributed by atoms with Crippen LogP contribution in [-0.4, -0.2) is 22.3 Å². The Labute approximate surface area is 113 Å². The summed E-state index contributed by atoms with van der Waals surface area (Å²) in [6.45, 7) is 1.94. The molecule has 1 rings (SSSR count). The quantitative estimate of drug-likeness (QED) is 0.825. The number of halogens is 4. The number of nitrogens with one attached hydrogen (secondary N) is 1. The molecular formula is C10H12BrCl2FN2. The van der Waals surface area contributed by atoms with Gasteiger partial charge in [0.2, 0.25) is 0 Å². The number of alkyl halides is 2. The van der Waals surface area contributed by atoms with Crippen LogP contribution < -0.4 is 5.32 Å². The van der Waals surface area contributed by atoms with Gasteiger partial charge in [0, 0.05) is 22.4 Å². The van der Waals surface area contributed by atoms with Crippen LogP contribution in [0.4, 0.5) is 10.2 Å². The topological polar surface area (TPSA) is 24.9 Å². The standard InChI is InChI=1S/C10H12BrCl2FN2/c1-2-10(5-12,6-13)16-9-8(14)3-7(11)4-15-9/h3-4H,2,5-6H2,1H3,(H,15,16). The van der Waals surface area contributed by atoms with Crippen LogP contribution in [0.15, 0.2) is 16.7 Å². The van der Waals surface area contributed by atoms with Crippen LogP contribution in [0.3, 0.4) is 0 Å². The molecule has 0 unspecified atom stereocenters. The van der Waals surface area contributed by atoms with Gasteiger partial charge in [0.15, 0.2) is 11.6 Å². The Balaban J connectivity index is 2.93. The molecular weight excluding hydrogens is 318 g/mol. The summed E-state index contributed by atoms with van der Waals surface area (Å²) in [5.74, 6) is 0.336. The lowest BCUT2D eigenvalue weighted by molar-refractivity contribution is 0.544. The third-order valence-corrected chi connectivity index (χ3v) is 3.84. The van der Waals surface area contributed by atoms with Gasteiger partial charge in [-0.15, -0.1) is 23.2 Å². The Bertz CT molecular complexity index is 350. The minimum atomic E-state index is -0.523. The summed E-state index contributed by atoms with van der Waals surface area (Å²) in [4.78, 5) is 3.96. The van der Waals surface area contributed by atoms with Crippen LogP contribution in [0.1, 0.15) is 13.3 Å². The normalized spacial score (nSPS) is 11.6. The Hall–Kier alpha value is -0.0600. The third kappa shape index (κ3) is 3.22. The van der Waals surface area contributed by atoms with Crippen molar-refractivity contribution >= 4 is 44.9 Å². The van der Waals surface area contributed by atoms with E-state index in [1.807, 2.05) is 6.92 Å². The van der Waals surface area contributed by atoms with Gasteiger partial charge in [0.05, 0.1) is 5.54 Å². The molecule has 0 saturated heterocycles. The lowest BCUT2D eigenvalue weighted by Gasteiger charge is -2.30. The highest BCUT2D eigenvalue weighted by Gasteiger charge is 2.27. The lowest BCUT2D eigenvalue weighted by Crippen LogP contribution is -2.42. The largest absolute Gasteiger partial charge is 0.360 e. The molecule has 0 atom stereocenters. The molecule has 1 N–H and O–H groups in total. The highest BCUT2D eigenvalue weighted by molar-refractivity contribution is 9.10. The highest BCUT2D eigenvalue weighted by atomic mass is 79.9. The molecule has 16 heavy (non-hydrogen) atoms. The van der Waals surface area contributed by atoms with E-state index < -0.39 is 11.4 Å². The zero-order valence-electron chi connectivity index (χ0n) is 8.74. The summed E-state index contributed by atoms with van der Waals surface area (Å²) < 4.78 is 14.1. The predicted octanol–water partition coefficient (Wildman–Crippen LogP) is 4.02. The number of aromatic nitrogens is 1. The third-order valence-electron chi connectivity index (χ3n) is 2.38. The molecule has 0 saturated carbocycles. The Morgan fingerprint density at radius 1 is 1.50 bits per heavy atom. The van der Waals surface area contributed by atoms with E-state index in [4.69, 9.17) is 23.2 Å². The monoisotopic (exact) mass is 328 g/mol. The summed E-state index contributed by atoms with van der Waals surface area (Å²) in [7, 11) is 0. The first-order valence-corrected chi connectivity index (χ1v) is 6.64. The predicted molar refractivity (Wildman–Crippen MR) is 70.0 cm³/mol. The fourth-order valence-corrected chi connectivity index (χ4v) is 2.24. The first-order valence-electron chi connectivity index (χ1n) is 4.78. The SMILES string of the molecule is CCC(CCl)(CCl)Nc1ncc(Br)cc1F. The van der Waals surface area contributed by atoms with E-state index in [1.54, 1.807) is 0 Å². The van der Waals surface area contributed by atoms with Crippen molar-refractivity contribution in [2.75, 3.05) is 17.1 Å². The highest BCUT2D eigenvalue weighted by Crippen LogP contribution is 2.24. The fraction of sp³-hybridized carbons (Fsp3) is 0.500. The number of anilines is 1. The molecule has 0 bridgehead atoms. The summed E-state index contributed by atoms with van der Waals surface area (Å²) >= 11 is 14.8. The smallest absolute Gasteiger partial charge is 0.166 e. The molecule has 0 radical (unpaired) electrons. The summed E-state index contributed by atoms with van der Waals surface area (Å²) in [5, 5.41) is 2.97. The van der Waals surface area contributed by atoms with Crippen molar-refractivity contribution in [3.8, 4) is 0 Å². The fourth-order valence-electron chi connectivity index (χ4n) is 1.14. The van der Waals surface area contributed by atoms with Gasteiger partial charge in [-0.05, 0) is 28.4 Å². The van der Waals surface area contributed by atoms with Crippen molar-refractivity contribution < 1.29 is 4.39 Å². The Morgan fingerprint density at radius 2 is 2.12 bits per heavy atom. The first kappa shape index (κ1) is 14.0. The van der Waals surface area contributed by atoms with Crippen molar-refractivity contribution in [2.24, 2.45) is 0 Å². The second kappa shape index (κ2) is 6.03. The summed E-state index contributed by atoms with van der Waals surface area (Å²) in [5.41, 5.74) is -0.523. The zero-order chi connectivity index (χ0) is 12.2. The number of nitrogens with zero attached hydrogens (tertiary/aromatic N) is 1. The second-order valence-corrected chi connectivity index (χ2v) is 4.96. The van der Waals surface area contributed by atoms with E-state index in [-0.39, 0.29) is 5.82 Å². The Morgan fingerprint density at radius 3 is 2.56 bits per heavy atom. The molecule has 2 nitrogen and oxygen atoms in total. The van der Waals surface area contributed by atoms with Crippen LogP contribution in [0.5, 0.6) is 0 Å². The van der Waals surface area contributed by atoms with Crippen molar-refractivity contribution in [3.63, 3.8) is 0 Å². The van der Waals surface area contributed by atoms with Gasteiger partial charge in [0.1, 0.15) is 0 Å². The van der Waals surface area contributed by atoms with Crippen molar-refractivity contribution in [3.05, 3.63) is 22.6 Å². The van der Waals surface area contributed by atoms with E-state index in [2.05, 4.69) is 26.2 Å². The number of rotatable bonds is 5. The van der Waals surface area contributed by atoms with Crippen LogP contribution >= 0.6 is 39.1 Å². The Kier molecular flexibility index (Phi) is 5.28. The van der Waals surface area contributed by atoms with Gasteiger partial charge >= 0.3 is 0 Å². The molecule has 0 fully saturated rings. The molecule has 6 heteroatoms. The maximum absolute atomic E-state index is 13.5. The lowest BCUT2D eigenvalue weighted by atomic mass is 10.0. The van der Waals surface area contributed by atoms with E-state index in [0.717, 1.165) is 0 Å². The summed E-state index contributed by atoms with van der Waals surface area (Å²) in [6, 6.07) is 1.35. The molecule has 0 aliphatic heterocycles. The summed E-state index contributed by atoms with van der Waals surface area (Å²) in [6.07, 6.45) is 2.21. The molecule has 0 aromatic carbocycles. The van der Waals surface area contributed by atoms with Crippen LogP contribution in [0.25, 0.3) is 0 Å². The van der Waals surface area contributed by atoms with Crippen molar-refractivity contribution in [1.29, 1.82) is 0 Å². The van der Waals surface area contributed by atoms with E-state index in [9.17, 15) is 4.39 Å². The molecule has 1 aromatic rings. The van der Waals surface area contributed by atoms with E-state index >= 15 is 0 Å². The van der Waals surface area contributed by atoms with Crippen LogP contribution in [0.2, 0.25) is 0 Å².